The number of sulfonamides is 1. The standard InChI is InChI=1S/C32H39Cl2N3O5S/c1-7-23(5)35-32(39)28(8-2)36(19-24-12-13-25(33)18-27(24)34)31(38)20-37(29-17-22(4)11-16-30(29)42-6)43(40,41)26-14-9-21(3)10-15-26/h9-18,23,28H,7-8,19-20H2,1-6H3,(H,35,39)/t23-,28+/m1/s1. The van der Waals surface area contributed by atoms with Crippen molar-refractivity contribution in [3.05, 3.63) is 87.4 Å². The summed E-state index contributed by atoms with van der Waals surface area (Å²) in [5, 5.41) is 3.71. The molecule has 0 unspecified atom stereocenters. The first-order valence-corrected chi connectivity index (χ1v) is 16.3. The van der Waals surface area contributed by atoms with Crippen molar-refractivity contribution < 1.29 is 22.7 Å². The van der Waals surface area contributed by atoms with Crippen LogP contribution in [0.2, 0.25) is 10.0 Å². The number of carbonyl (C=O) groups excluding carboxylic acids is 2. The number of halogens is 2. The van der Waals surface area contributed by atoms with E-state index >= 15 is 0 Å². The second-order valence-electron chi connectivity index (χ2n) is 10.5. The lowest BCUT2D eigenvalue weighted by atomic mass is 10.1. The number of hydrogen-bond acceptors (Lipinski definition) is 5. The molecule has 0 heterocycles. The topological polar surface area (TPSA) is 96.0 Å². The Morgan fingerprint density at radius 3 is 2.16 bits per heavy atom. The Morgan fingerprint density at radius 2 is 1.58 bits per heavy atom. The van der Waals surface area contributed by atoms with Crippen LogP contribution in [-0.2, 0) is 26.2 Å². The molecule has 11 heteroatoms. The number of hydrogen-bond donors (Lipinski definition) is 1. The highest BCUT2D eigenvalue weighted by molar-refractivity contribution is 7.92. The first-order chi connectivity index (χ1) is 20.3. The average Bonchev–Trinajstić information content (AvgIpc) is 2.96. The van der Waals surface area contributed by atoms with E-state index in [0.29, 0.717) is 22.0 Å². The molecule has 0 saturated carbocycles. The molecule has 3 aromatic rings. The van der Waals surface area contributed by atoms with Crippen LogP contribution in [0.4, 0.5) is 5.69 Å². The van der Waals surface area contributed by atoms with E-state index in [1.54, 1.807) is 55.5 Å². The molecule has 0 aliphatic rings. The van der Waals surface area contributed by atoms with E-state index < -0.39 is 28.5 Å². The summed E-state index contributed by atoms with van der Waals surface area (Å²) in [5.41, 5.74) is 2.43. The van der Waals surface area contributed by atoms with Crippen molar-refractivity contribution in [2.45, 2.75) is 71.0 Å². The summed E-state index contributed by atoms with van der Waals surface area (Å²) in [6.07, 6.45) is 0.993. The van der Waals surface area contributed by atoms with Gasteiger partial charge in [-0.05, 0) is 81.1 Å². The number of benzene rings is 3. The van der Waals surface area contributed by atoms with Crippen LogP contribution in [0.3, 0.4) is 0 Å². The van der Waals surface area contributed by atoms with E-state index in [1.807, 2.05) is 27.7 Å². The quantitative estimate of drug-likeness (QED) is 0.227. The second kappa shape index (κ2) is 14.9. The Hall–Kier alpha value is -3.27. The second-order valence-corrected chi connectivity index (χ2v) is 13.2. The fraction of sp³-hybridized carbons (Fsp3) is 0.375. The molecule has 43 heavy (non-hydrogen) atoms. The van der Waals surface area contributed by atoms with Crippen molar-refractivity contribution in [2.75, 3.05) is 18.0 Å². The summed E-state index contributed by atoms with van der Waals surface area (Å²) in [6.45, 7) is 8.69. The SMILES string of the molecule is CC[C@@H](C)NC(=O)[C@H](CC)N(Cc1ccc(Cl)cc1Cl)C(=O)CN(c1cc(C)ccc1OC)S(=O)(=O)c1ccc(C)cc1. The molecule has 2 atom stereocenters. The van der Waals surface area contributed by atoms with Crippen LogP contribution in [0.5, 0.6) is 5.75 Å². The lowest BCUT2D eigenvalue weighted by Gasteiger charge is -2.34. The van der Waals surface area contributed by atoms with E-state index in [2.05, 4.69) is 5.32 Å². The maximum atomic E-state index is 14.3. The maximum Gasteiger partial charge on any atom is 0.264 e. The minimum absolute atomic E-state index is 0.0170. The molecule has 0 fully saturated rings. The highest BCUT2D eigenvalue weighted by atomic mass is 35.5. The monoisotopic (exact) mass is 647 g/mol. The number of ether oxygens (including phenoxy) is 1. The van der Waals surface area contributed by atoms with Crippen LogP contribution in [0, 0.1) is 13.8 Å². The van der Waals surface area contributed by atoms with Gasteiger partial charge in [0.25, 0.3) is 10.0 Å². The molecule has 0 radical (unpaired) electrons. The van der Waals surface area contributed by atoms with Gasteiger partial charge in [0.2, 0.25) is 11.8 Å². The summed E-state index contributed by atoms with van der Waals surface area (Å²) in [6, 6.07) is 15.4. The molecular formula is C32H39Cl2N3O5S. The van der Waals surface area contributed by atoms with Gasteiger partial charge in [0.15, 0.2) is 0 Å². The van der Waals surface area contributed by atoms with Crippen molar-refractivity contribution in [1.82, 2.24) is 10.2 Å². The molecule has 0 aliphatic heterocycles. The number of methoxy groups -OCH3 is 1. The van der Waals surface area contributed by atoms with Gasteiger partial charge < -0.3 is 15.0 Å². The third kappa shape index (κ3) is 8.43. The van der Waals surface area contributed by atoms with Crippen LogP contribution >= 0.6 is 23.2 Å². The highest BCUT2D eigenvalue weighted by Crippen LogP contribution is 2.34. The van der Waals surface area contributed by atoms with Gasteiger partial charge in [-0.2, -0.15) is 0 Å². The Kier molecular flexibility index (Phi) is 11.9. The summed E-state index contributed by atoms with van der Waals surface area (Å²) in [5.74, 6) is -0.643. The third-order valence-electron chi connectivity index (χ3n) is 7.23. The molecule has 0 saturated heterocycles. The van der Waals surface area contributed by atoms with E-state index in [0.717, 1.165) is 15.4 Å². The van der Waals surface area contributed by atoms with Crippen LogP contribution in [0.15, 0.2) is 65.6 Å². The molecule has 3 rings (SSSR count). The maximum absolute atomic E-state index is 14.3. The van der Waals surface area contributed by atoms with Gasteiger partial charge in [-0.15, -0.1) is 0 Å². The van der Waals surface area contributed by atoms with Crippen LogP contribution in [0.1, 0.15) is 50.3 Å². The molecule has 0 bridgehead atoms. The van der Waals surface area contributed by atoms with Crippen LogP contribution < -0.4 is 14.4 Å². The summed E-state index contributed by atoms with van der Waals surface area (Å²) in [4.78, 5) is 29.2. The van der Waals surface area contributed by atoms with Crippen molar-refractivity contribution in [3.8, 4) is 5.75 Å². The number of carbonyl (C=O) groups is 2. The van der Waals surface area contributed by atoms with E-state index in [1.165, 1.54) is 24.1 Å². The number of amides is 2. The first-order valence-electron chi connectivity index (χ1n) is 14.1. The number of nitrogens with zero attached hydrogens (tertiary/aromatic N) is 2. The molecule has 1 N–H and O–H groups in total. The average molecular weight is 649 g/mol. The first kappa shape index (κ1) is 34.2. The van der Waals surface area contributed by atoms with Crippen molar-refractivity contribution >= 4 is 50.7 Å². The molecule has 0 aromatic heterocycles. The summed E-state index contributed by atoms with van der Waals surface area (Å²) < 4.78 is 34.9. The predicted molar refractivity (Wildman–Crippen MR) is 172 cm³/mol. The molecular weight excluding hydrogens is 609 g/mol. The zero-order valence-corrected chi connectivity index (χ0v) is 27.7. The van der Waals surface area contributed by atoms with Gasteiger partial charge in [-0.1, -0.05) is 66.9 Å². The predicted octanol–water partition coefficient (Wildman–Crippen LogP) is 6.54. The smallest absolute Gasteiger partial charge is 0.264 e. The van der Waals surface area contributed by atoms with Gasteiger partial charge in [-0.25, -0.2) is 8.42 Å². The number of anilines is 1. The Morgan fingerprint density at radius 1 is 0.930 bits per heavy atom. The highest BCUT2D eigenvalue weighted by Gasteiger charge is 2.35. The number of rotatable bonds is 13. The van der Waals surface area contributed by atoms with Crippen molar-refractivity contribution in [3.63, 3.8) is 0 Å². The fourth-order valence-corrected chi connectivity index (χ4v) is 6.42. The van der Waals surface area contributed by atoms with E-state index in [-0.39, 0.29) is 41.2 Å². The van der Waals surface area contributed by atoms with Crippen LogP contribution in [-0.4, -0.2) is 50.9 Å². The van der Waals surface area contributed by atoms with Crippen molar-refractivity contribution in [1.29, 1.82) is 0 Å². The summed E-state index contributed by atoms with van der Waals surface area (Å²) >= 11 is 12.6. The minimum Gasteiger partial charge on any atom is -0.495 e. The van der Waals surface area contributed by atoms with Gasteiger partial charge in [0.05, 0.1) is 17.7 Å². The third-order valence-corrected chi connectivity index (χ3v) is 9.59. The zero-order chi connectivity index (χ0) is 31.9. The van der Waals surface area contributed by atoms with Gasteiger partial charge in [0, 0.05) is 22.6 Å². The van der Waals surface area contributed by atoms with E-state index in [9.17, 15) is 18.0 Å². The molecule has 232 valence electrons. The van der Waals surface area contributed by atoms with Gasteiger partial charge in [0.1, 0.15) is 18.3 Å². The molecule has 2 amide bonds. The van der Waals surface area contributed by atoms with Gasteiger partial charge >= 0.3 is 0 Å². The van der Waals surface area contributed by atoms with Crippen LogP contribution in [0.25, 0.3) is 0 Å². The summed E-state index contributed by atoms with van der Waals surface area (Å²) in [7, 11) is -2.81. The molecule has 8 nitrogen and oxygen atoms in total. The lowest BCUT2D eigenvalue weighted by molar-refractivity contribution is -0.140. The molecule has 0 aliphatic carbocycles. The number of aryl methyl sites for hydroxylation is 2. The largest absolute Gasteiger partial charge is 0.495 e. The fourth-order valence-electron chi connectivity index (χ4n) is 4.54. The molecule has 0 spiro atoms. The van der Waals surface area contributed by atoms with Gasteiger partial charge in [-0.3, -0.25) is 13.9 Å². The van der Waals surface area contributed by atoms with Crippen molar-refractivity contribution in [2.24, 2.45) is 0 Å². The lowest BCUT2D eigenvalue weighted by Crippen LogP contribution is -2.53. The Balaban J connectivity index is 2.15. The van der Waals surface area contributed by atoms with E-state index in [4.69, 9.17) is 27.9 Å². The Labute approximate surface area is 265 Å². The number of nitrogens with one attached hydrogen (secondary N) is 1. The minimum atomic E-state index is -4.25. The zero-order valence-electron chi connectivity index (χ0n) is 25.4. The molecule has 3 aromatic carbocycles. The Bertz CT molecular complexity index is 1550. The normalized spacial score (nSPS) is 12.7.